The highest BCUT2D eigenvalue weighted by atomic mass is 32.2. The molecule has 4 aromatic rings. The maximum Gasteiger partial charge on any atom is 0.278 e. The third-order valence-electron chi connectivity index (χ3n) is 5.52. The van der Waals surface area contributed by atoms with Gasteiger partial charge in [0.05, 0.1) is 30.7 Å². The molecule has 0 bridgehead atoms. The van der Waals surface area contributed by atoms with Gasteiger partial charge in [0.2, 0.25) is 10.0 Å². The number of methoxy groups -OCH3 is 1. The van der Waals surface area contributed by atoms with E-state index in [1.54, 1.807) is 27.9 Å². The average Bonchev–Trinajstić information content (AvgIpc) is 3.51. The minimum Gasteiger partial charge on any atom is -0.493 e. The molecule has 1 aliphatic heterocycles. The van der Waals surface area contributed by atoms with E-state index in [9.17, 15) is 13.2 Å². The molecule has 0 unspecified atom stereocenters. The molecule has 12 heteroatoms. The zero-order chi connectivity index (χ0) is 23.0. The molecule has 0 N–H and O–H groups in total. The topological polar surface area (TPSA) is 111 Å². The summed E-state index contributed by atoms with van der Waals surface area (Å²) in [5.74, 6) is 0.0611. The van der Waals surface area contributed by atoms with Crippen molar-refractivity contribution in [3.63, 3.8) is 0 Å². The largest absolute Gasteiger partial charge is 0.493 e. The van der Waals surface area contributed by atoms with E-state index in [0.717, 1.165) is 17.4 Å². The Morgan fingerprint density at radius 2 is 1.76 bits per heavy atom. The van der Waals surface area contributed by atoms with Gasteiger partial charge in [-0.1, -0.05) is 24.3 Å². The molecule has 1 saturated heterocycles. The lowest BCUT2D eigenvalue weighted by molar-refractivity contribution is 0.0688. The molecular weight excluding hydrogens is 464 g/mol. The van der Waals surface area contributed by atoms with Crippen molar-refractivity contribution >= 4 is 38.7 Å². The van der Waals surface area contributed by atoms with Crippen molar-refractivity contribution in [1.82, 2.24) is 27.7 Å². The van der Waals surface area contributed by atoms with Crippen LogP contribution in [0.3, 0.4) is 0 Å². The van der Waals surface area contributed by atoms with Crippen molar-refractivity contribution < 1.29 is 17.9 Å². The van der Waals surface area contributed by atoms with Crippen molar-refractivity contribution in [2.75, 3.05) is 33.3 Å². The summed E-state index contributed by atoms with van der Waals surface area (Å²) in [6.07, 6.45) is 1.66. The maximum absolute atomic E-state index is 13.2. The SMILES string of the molecule is COc1cn(-c2ccccc2)nc1C(=O)N1CCN(S(=O)(=O)c2cccc3nsnc23)CC1. The molecule has 0 atom stereocenters. The second kappa shape index (κ2) is 8.54. The summed E-state index contributed by atoms with van der Waals surface area (Å²) in [5, 5.41) is 4.42. The molecule has 10 nitrogen and oxygen atoms in total. The van der Waals surface area contributed by atoms with Gasteiger partial charge in [0.15, 0.2) is 11.4 Å². The summed E-state index contributed by atoms with van der Waals surface area (Å²) < 4.78 is 43.1. The molecule has 1 fully saturated rings. The highest BCUT2D eigenvalue weighted by Gasteiger charge is 2.33. The third kappa shape index (κ3) is 3.86. The monoisotopic (exact) mass is 484 g/mol. The van der Waals surface area contributed by atoms with Gasteiger partial charge in [0.25, 0.3) is 5.91 Å². The van der Waals surface area contributed by atoms with Crippen molar-refractivity contribution in [3.8, 4) is 11.4 Å². The van der Waals surface area contributed by atoms with Crippen LogP contribution in [0.4, 0.5) is 0 Å². The maximum atomic E-state index is 13.2. The summed E-state index contributed by atoms with van der Waals surface area (Å²) in [5.41, 5.74) is 1.92. The molecule has 5 rings (SSSR count). The number of rotatable bonds is 5. The number of carbonyl (C=O) groups excluding carboxylic acids is 1. The van der Waals surface area contributed by atoms with Crippen LogP contribution in [0.5, 0.6) is 5.75 Å². The van der Waals surface area contributed by atoms with Crippen LogP contribution in [0.1, 0.15) is 10.5 Å². The second-order valence-corrected chi connectivity index (χ2v) is 9.85. The predicted octanol–water partition coefficient (Wildman–Crippen LogP) is 2.03. The molecule has 2 aromatic carbocycles. The first-order valence-corrected chi connectivity index (χ1v) is 12.4. The molecule has 2 aromatic heterocycles. The third-order valence-corrected chi connectivity index (χ3v) is 7.99. The molecule has 0 saturated carbocycles. The number of sulfonamides is 1. The van der Waals surface area contributed by atoms with E-state index in [0.29, 0.717) is 16.8 Å². The summed E-state index contributed by atoms with van der Waals surface area (Å²) in [7, 11) is -2.27. The first kappa shape index (κ1) is 21.5. The number of fused-ring (bicyclic) bond motifs is 1. The van der Waals surface area contributed by atoms with Crippen LogP contribution in [-0.2, 0) is 10.0 Å². The Morgan fingerprint density at radius 3 is 2.48 bits per heavy atom. The van der Waals surface area contributed by atoms with Gasteiger partial charge in [0, 0.05) is 26.2 Å². The van der Waals surface area contributed by atoms with E-state index < -0.39 is 10.0 Å². The lowest BCUT2D eigenvalue weighted by Gasteiger charge is -2.33. The number of piperazine rings is 1. The highest BCUT2D eigenvalue weighted by molar-refractivity contribution is 7.89. The second-order valence-electron chi connectivity index (χ2n) is 7.41. The quantitative estimate of drug-likeness (QED) is 0.426. The van der Waals surface area contributed by atoms with Crippen molar-refractivity contribution in [3.05, 3.63) is 60.4 Å². The van der Waals surface area contributed by atoms with Gasteiger partial charge >= 0.3 is 0 Å². The van der Waals surface area contributed by atoms with E-state index in [1.165, 1.54) is 17.5 Å². The Balaban J connectivity index is 1.34. The number of ether oxygens (including phenoxy) is 1. The molecule has 33 heavy (non-hydrogen) atoms. The Hall–Kier alpha value is -3.35. The first-order chi connectivity index (χ1) is 16.0. The van der Waals surface area contributed by atoms with E-state index in [-0.39, 0.29) is 42.7 Å². The fraction of sp³-hybridized carbons (Fsp3) is 0.238. The number of hydrogen-bond donors (Lipinski definition) is 0. The Morgan fingerprint density at radius 1 is 1.00 bits per heavy atom. The van der Waals surface area contributed by atoms with Gasteiger partial charge in [-0.2, -0.15) is 18.2 Å². The van der Waals surface area contributed by atoms with Crippen molar-refractivity contribution in [1.29, 1.82) is 0 Å². The highest BCUT2D eigenvalue weighted by Crippen LogP contribution is 2.26. The van der Waals surface area contributed by atoms with Crippen LogP contribution >= 0.6 is 11.7 Å². The first-order valence-electron chi connectivity index (χ1n) is 10.2. The van der Waals surface area contributed by atoms with Crippen LogP contribution < -0.4 is 4.74 Å². The van der Waals surface area contributed by atoms with E-state index in [4.69, 9.17) is 4.74 Å². The standard InChI is InChI=1S/C21H20N6O4S2/c1-31-17-14-27(15-6-3-2-4-7-15)22-20(17)21(28)25-10-12-26(13-11-25)33(29,30)18-9-5-8-16-19(18)24-32-23-16/h2-9,14H,10-13H2,1H3. The Labute approximate surface area is 194 Å². The predicted molar refractivity (Wildman–Crippen MR) is 122 cm³/mol. The number of carbonyl (C=O) groups is 1. The van der Waals surface area contributed by atoms with E-state index in [2.05, 4.69) is 13.8 Å². The summed E-state index contributed by atoms with van der Waals surface area (Å²) in [6, 6.07) is 14.3. The molecule has 0 radical (unpaired) electrons. The fourth-order valence-electron chi connectivity index (χ4n) is 3.78. The van der Waals surface area contributed by atoms with Crippen molar-refractivity contribution in [2.45, 2.75) is 4.90 Å². The van der Waals surface area contributed by atoms with Gasteiger partial charge < -0.3 is 9.64 Å². The minimum atomic E-state index is -3.76. The molecule has 1 aliphatic rings. The summed E-state index contributed by atoms with van der Waals surface area (Å²) >= 11 is 0.979. The average molecular weight is 485 g/mol. The smallest absolute Gasteiger partial charge is 0.278 e. The summed E-state index contributed by atoms with van der Waals surface area (Å²) in [6.45, 7) is 0.822. The zero-order valence-corrected chi connectivity index (χ0v) is 19.3. The lowest BCUT2D eigenvalue weighted by Crippen LogP contribution is -2.50. The van der Waals surface area contributed by atoms with E-state index >= 15 is 0 Å². The van der Waals surface area contributed by atoms with Crippen LogP contribution in [-0.4, -0.2) is 75.3 Å². The minimum absolute atomic E-state index is 0.136. The number of nitrogens with zero attached hydrogens (tertiary/aromatic N) is 6. The van der Waals surface area contributed by atoms with Gasteiger partial charge in [-0.3, -0.25) is 4.79 Å². The molecule has 0 aliphatic carbocycles. The van der Waals surface area contributed by atoms with Crippen LogP contribution in [0, 0.1) is 0 Å². The molecule has 0 spiro atoms. The van der Waals surface area contributed by atoms with Gasteiger partial charge in [-0.15, -0.1) is 0 Å². The van der Waals surface area contributed by atoms with E-state index in [1.807, 2.05) is 30.3 Å². The molecule has 1 amide bonds. The molecule has 3 heterocycles. The number of amides is 1. The van der Waals surface area contributed by atoms with Gasteiger partial charge in [-0.25, -0.2) is 13.1 Å². The number of benzene rings is 2. The normalized spacial score (nSPS) is 15.1. The molecule has 170 valence electrons. The number of para-hydroxylation sites is 1. The van der Waals surface area contributed by atoms with Crippen molar-refractivity contribution in [2.24, 2.45) is 0 Å². The number of aromatic nitrogens is 4. The van der Waals surface area contributed by atoms with Crippen LogP contribution in [0.2, 0.25) is 0 Å². The van der Waals surface area contributed by atoms with Crippen LogP contribution in [0.15, 0.2) is 59.6 Å². The lowest BCUT2D eigenvalue weighted by atomic mass is 10.3. The van der Waals surface area contributed by atoms with Gasteiger partial charge in [-0.05, 0) is 24.3 Å². The Kier molecular flexibility index (Phi) is 5.56. The zero-order valence-electron chi connectivity index (χ0n) is 17.7. The van der Waals surface area contributed by atoms with Gasteiger partial charge in [0.1, 0.15) is 15.9 Å². The summed E-state index contributed by atoms with van der Waals surface area (Å²) in [4.78, 5) is 14.9. The Bertz CT molecular complexity index is 1410. The fourth-order valence-corrected chi connectivity index (χ4v) is 5.95. The van der Waals surface area contributed by atoms with Crippen LogP contribution in [0.25, 0.3) is 16.7 Å². The molecular formula is C21H20N6O4S2. The number of hydrogen-bond acceptors (Lipinski definition) is 8.